The maximum Gasteiger partial charge on any atom is 0.326 e. The van der Waals surface area contributed by atoms with E-state index in [4.69, 9.17) is 11.5 Å². The number of aromatic hydroxyl groups is 1. The van der Waals surface area contributed by atoms with Crippen LogP contribution in [0.25, 0.3) is 0 Å². The van der Waals surface area contributed by atoms with Gasteiger partial charge in [-0.3, -0.25) is 19.2 Å². The SMILES string of the molecule is CC(C)CC(N)C(=O)NC(CCC(N)=O)C(=O)N1CCCC1C(=O)NC(Cc1ccc(O)cc1)C(=O)O. The first-order valence-corrected chi connectivity index (χ1v) is 12.3. The van der Waals surface area contributed by atoms with Gasteiger partial charge in [0.2, 0.25) is 23.6 Å². The molecule has 12 heteroatoms. The maximum atomic E-state index is 13.4. The fourth-order valence-electron chi connectivity index (χ4n) is 4.28. The molecule has 2 rings (SSSR count). The summed E-state index contributed by atoms with van der Waals surface area (Å²) in [5.74, 6) is -3.45. The molecule has 1 aliphatic rings. The third kappa shape index (κ3) is 9.05. The summed E-state index contributed by atoms with van der Waals surface area (Å²) in [6.45, 7) is 4.04. The van der Waals surface area contributed by atoms with Crippen LogP contribution in [-0.4, -0.2) is 75.4 Å². The van der Waals surface area contributed by atoms with E-state index < -0.39 is 53.8 Å². The number of rotatable bonds is 13. The number of amides is 4. The molecule has 4 atom stereocenters. The highest BCUT2D eigenvalue weighted by Crippen LogP contribution is 2.21. The van der Waals surface area contributed by atoms with Crippen molar-refractivity contribution < 1.29 is 34.2 Å². The minimum absolute atomic E-state index is 0.0208. The summed E-state index contributed by atoms with van der Waals surface area (Å²) in [5, 5.41) is 24.2. The van der Waals surface area contributed by atoms with Gasteiger partial charge in [-0.25, -0.2) is 4.79 Å². The Bertz CT molecular complexity index is 982. The molecule has 1 aromatic carbocycles. The molecule has 204 valence electrons. The minimum Gasteiger partial charge on any atom is -0.508 e. The Kier molecular flexibility index (Phi) is 10.9. The van der Waals surface area contributed by atoms with E-state index in [-0.39, 0.29) is 37.5 Å². The highest BCUT2D eigenvalue weighted by atomic mass is 16.4. The fraction of sp³-hybridized carbons (Fsp3) is 0.560. The Balaban J connectivity index is 2.13. The third-order valence-corrected chi connectivity index (χ3v) is 6.19. The van der Waals surface area contributed by atoms with E-state index in [1.807, 2.05) is 13.8 Å². The van der Waals surface area contributed by atoms with Crippen LogP contribution in [-0.2, 0) is 30.4 Å². The molecule has 0 aliphatic carbocycles. The first-order valence-electron chi connectivity index (χ1n) is 12.3. The van der Waals surface area contributed by atoms with Crippen molar-refractivity contribution in [2.45, 2.75) is 76.5 Å². The predicted octanol–water partition coefficient (Wildman–Crippen LogP) is -0.381. The largest absolute Gasteiger partial charge is 0.508 e. The molecule has 4 unspecified atom stereocenters. The number of nitrogens with zero attached hydrogens (tertiary/aromatic N) is 1. The molecule has 1 fully saturated rings. The van der Waals surface area contributed by atoms with E-state index in [1.54, 1.807) is 12.1 Å². The topological polar surface area (TPSA) is 205 Å². The van der Waals surface area contributed by atoms with Crippen molar-refractivity contribution in [2.75, 3.05) is 6.54 Å². The van der Waals surface area contributed by atoms with Gasteiger partial charge in [-0.15, -0.1) is 0 Å². The van der Waals surface area contributed by atoms with Gasteiger partial charge in [0.15, 0.2) is 0 Å². The molecule has 1 aliphatic heterocycles. The van der Waals surface area contributed by atoms with E-state index in [9.17, 15) is 34.2 Å². The zero-order valence-corrected chi connectivity index (χ0v) is 21.2. The number of phenolic OH excluding ortho intramolecular Hbond substituents is 1. The van der Waals surface area contributed by atoms with Crippen molar-refractivity contribution in [3.05, 3.63) is 29.8 Å². The van der Waals surface area contributed by atoms with Crippen molar-refractivity contribution in [3.8, 4) is 5.75 Å². The van der Waals surface area contributed by atoms with Crippen molar-refractivity contribution in [1.29, 1.82) is 0 Å². The van der Waals surface area contributed by atoms with Gasteiger partial charge >= 0.3 is 5.97 Å². The van der Waals surface area contributed by atoms with Crippen LogP contribution in [0.5, 0.6) is 5.75 Å². The molecule has 0 aromatic heterocycles. The average Bonchev–Trinajstić information content (AvgIpc) is 3.31. The number of likely N-dealkylation sites (tertiary alicyclic amines) is 1. The Morgan fingerprint density at radius 2 is 1.73 bits per heavy atom. The number of aliphatic carboxylic acids is 1. The van der Waals surface area contributed by atoms with Crippen LogP contribution in [0.4, 0.5) is 0 Å². The van der Waals surface area contributed by atoms with E-state index in [0.29, 0.717) is 24.8 Å². The number of nitrogens with two attached hydrogens (primary N) is 2. The Morgan fingerprint density at radius 3 is 2.30 bits per heavy atom. The quantitative estimate of drug-likeness (QED) is 0.202. The van der Waals surface area contributed by atoms with Gasteiger partial charge < -0.3 is 37.2 Å². The van der Waals surface area contributed by atoms with Crippen LogP contribution in [0, 0.1) is 5.92 Å². The molecule has 37 heavy (non-hydrogen) atoms. The third-order valence-electron chi connectivity index (χ3n) is 6.19. The second-order valence-corrected chi connectivity index (χ2v) is 9.76. The van der Waals surface area contributed by atoms with Gasteiger partial charge in [-0.1, -0.05) is 26.0 Å². The van der Waals surface area contributed by atoms with Crippen molar-refractivity contribution >= 4 is 29.6 Å². The number of carbonyl (C=O) groups excluding carboxylic acids is 4. The van der Waals surface area contributed by atoms with Crippen LogP contribution in [0.3, 0.4) is 0 Å². The summed E-state index contributed by atoms with van der Waals surface area (Å²) in [7, 11) is 0. The van der Waals surface area contributed by atoms with E-state index in [2.05, 4.69) is 10.6 Å². The Hall–Kier alpha value is -3.67. The molecule has 4 amide bonds. The molecular formula is C25H37N5O7. The van der Waals surface area contributed by atoms with Crippen molar-refractivity contribution in [3.63, 3.8) is 0 Å². The number of carboxylic acid groups (broad SMARTS) is 1. The molecule has 0 saturated carbocycles. The van der Waals surface area contributed by atoms with Gasteiger partial charge in [0.1, 0.15) is 23.9 Å². The number of benzene rings is 1. The summed E-state index contributed by atoms with van der Waals surface area (Å²) in [6.07, 6.45) is 0.976. The standard InChI is InChI=1S/C25H37N5O7/c1-14(2)12-17(26)22(33)28-18(9-10-21(27)32)24(35)30-11-3-4-20(30)23(34)29-19(25(36)37)13-15-5-7-16(31)8-6-15/h5-8,14,17-20,31H,3-4,9-13,26H2,1-2H3,(H2,27,32)(H,28,33)(H,29,34)(H,36,37). The molecule has 0 spiro atoms. The van der Waals surface area contributed by atoms with Gasteiger partial charge in [-0.05, 0) is 49.3 Å². The Morgan fingerprint density at radius 1 is 1.08 bits per heavy atom. The number of nitrogens with one attached hydrogen (secondary N) is 2. The first-order chi connectivity index (χ1) is 17.4. The van der Waals surface area contributed by atoms with Crippen LogP contribution in [0.2, 0.25) is 0 Å². The monoisotopic (exact) mass is 519 g/mol. The number of primary amides is 1. The fourth-order valence-corrected chi connectivity index (χ4v) is 4.28. The summed E-state index contributed by atoms with van der Waals surface area (Å²) in [6, 6.07) is 1.79. The van der Waals surface area contributed by atoms with Crippen LogP contribution < -0.4 is 22.1 Å². The molecule has 1 saturated heterocycles. The second-order valence-electron chi connectivity index (χ2n) is 9.76. The van der Waals surface area contributed by atoms with Gasteiger partial charge in [-0.2, -0.15) is 0 Å². The molecule has 8 N–H and O–H groups in total. The average molecular weight is 520 g/mol. The van der Waals surface area contributed by atoms with Gasteiger partial charge in [0.25, 0.3) is 0 Å². The zero-order chi connectivity index (χ0) is 27.7. The highest BCUT2D eigenvalue weighted by Gasteiger charge is 2.39. The lowest BCUT2D eigenvalue weighted by atomic mass is 10.0. The molecule has 1 heterocycles. The second kappa shape index (κ2) is 13.6. The zero-order valence-electron chi connectivity index (χ0n) is 21.2. The molecule has 1 aromatic rings. The summed E-state index contributed by atoms with van der Waals surface area (Å²) >= 11 is 0. The van der Waals surface area contributed by atoms with Gasteiger partial charge in [0, 0.05) is 19.4 Å². The van der Waals surface area contributed by atoms with Crippen LogP contribution in [0.15, 0.2) is 24.3 Å². The number of carbonyl (C=O) groups is 5. The Labute approximate surface area is 215 Å². The smallest absolute Gasteiger partial charge is 0.326 e. The summed E-state index contributed by atoms with van der Waals surface area (Å²) in [4.78, 5) is 63.5. The maximum absolute atomic E-state index is 13.4. The van der Waals surface area contributed by atoms with Crippen LogP contribution in [0.1, 0.15) is 51.5 Å². The molecule has 12 nitrogen and oxygen atoms in total. The molecule has 0 radical (unpaired) electrons. The summed E-state index contributed by atoms with van der Waals surface area (Å²) < 4.78 is 0. The number of hydrogen-bond acceptors (Lipinski definition) is 7. The highest BCUT2D eigenvalue weighted by molar-refractivity contribution is 5.94. The van der Waals surface area contributed by atoms with E-state index in [1.165, 1.54) is 17.0 Å². The van der Waals surface area contributed by atoms with E-state index >= 15 is 0 Å². The number of phenols is 1. The molecular weight excluding hydrogens is 482 g/mol. The number of hydrogen-bond donors (Lipinski definition) is 6. The predicted molar refractivity (Wildman–Crippen MR) is 134 cm³/mol. The minimum atomic E-state index is -1.26. The summed E-state index contributed by atoms with van der Waals surface area (Å²) in [5.41, 5.74) is 11.8. The first kappa shape index (κ1) is 29.6. The lowest BCUT2D eigenvalue weighted by molar-refractivity contribution is -0.145. The van der Waals surface area contributed by atoms with Crippen LogP contribution >= 0.6 is 0 Å². The normalized spacial score (nSPS) is 17.6. The van der Waals surface area contributed by atoms with Gasteiger partial charge in [0.05, 0.1) is 6.04 Å². The number of carboxylic acids is 1. The van der Waals surface area contributed by atoms with Crippen molar-refractivity contribution in [1.82, 2.24) is 15.5 Å². The van der Waals surface area contributed by atoms with Crippen molar-refractivity contribution in [2.24, 2.45) is 17.4 Å². The van der Waals surface area contributed by atoms with E-state index in [0.717, 1.165) is 0 Å². The lowest BCUT2D eigenvalue weighted by Crippen LogP contribution is -2.57. The lowest BCUT2D eigenvalue weighted by Gasteiger charge is -2.30. The molecule has 0 bridgehead atoms.